The van der Waals surface area contributed by atoms with Crippen LogP contribution in [0.1, 0.15) is 32.1 Å². The van der Waals surface area contributed by atoms with Gasteiger partial charge in [0.2, 0.25) is 0 Å². The van der Waals surface area contributed by atoms with Gasteiger partial charge in [-0.15, -0.1) is 0 Å². The first-order chi connectivity index (χ1) is 7.84. The summed E-state index contributed by atoms with van der Waals surface area (Å²) < 4.78 is 5.47. The highest BCUT2D eigenvalue weighted by atomic mass is 16.5. The van der Waals surface area contributed by atoms with Crippen LogP contribution in [0, 0.1) is 11.8 Å². The van der Waals surface area contributed by atoms with Gasteiger partial charge >= 0.3 is 0 Å². The maximum atomic E-state index is 6.08. The molecule has 4 atom stereocenters. The molecule has 0 amide bonds. The van der Waals surface area contributed by atoms with Crippen molar-refractivity contribution in [2.75, 3.05) is 26.3 Å². The molecular weight excluding hydrogens is 200 g/mol. The SMILES string of the molecule is NC1COCC1CN1CCCC2CCCC21. The van der Waals surface area contributed by atoms with Gasteiger partial charge in [-0.05, 0) is 38.1 Å². The summed E-state index contributed by atoms with van der Waals surface area (Å²) in [5.41, 5.74) is 6.08. The summed E-state index contributed by atoms with van der Waals surface area (Å²) in [5.74, 6) is 1.58. The second-order valence-corrected chi connectivity index (χ2v) is 5.86. The van der Waals surface area contributed by atoms with Gasteiger partial charge in [-0.25, -0.2) is 0 Å². The minimum absolute atomic E-state index is 0.279. The molecule has 2 saturated heterocycles. The number of hydrogen-bond acceptors (Lipinski definition) is 3. The molecule has 3 fully saturated rings. The number of nitrogens with zero attached hydrogens (tertiary/aromatic N) is 1. The topological polar surface area (TPSA) is 38.5 Å². The van der Waals surface area contributed by atoms with Crippen molar-refractivity contribution in [1.82, 2.24) is 4.90 Å². The van der Waals surface area contributed by atoms with Gasteiger partial charge in [-0.1, -0.05) is 6.42 Å². The first kappa shape index (κ1) is 11.0. The zero-order valence-corrected chi connectivity index (χ0v) is 10.1. The first-order valence-corrected chi connectivity index (χ1v) is 6.92. The average Bonchev–Trinajstić information content (AvgIpc) is 2.89. The van der Waals surface area contributed by atoms with E-state index in [2.05, 4.69) is 4.90 Å². The van der Waals surface area contributed by atoms with E-state index in [4.69, 9.17) is 10.5 Å². The highest BCUT2D eigenvalue weighted by Gasteiger charge is 2.37. The van der Waals surface area contributed by atoms with Crippen LogP contribution >= 0.6 is 0 Å². The number of ether oxygens (including phenoxy) is 1. The van der Waals surface area contributed by atoms with E-state index in [9.17, 15) is 0 Å². The number of piperidine rings is 1. The Labute approximate surface area is 98.3 Å². The molecule has 2 aliphatic heterocycles. The van der Waals surface area contributed by atoms with Crippen molar-refractivity contribution in [2.24, 2.45) is 17.6 Å². The van der Waals surface area contributed by atoms with E-state index in [1.165, 1.54) is 45.2 Å². The predicted molar refractivity (Wildman–Crippen MR) is 64.2 cm³/mol. The van der Waals surface area contributed by atoms with Crippen molar-refractivity contribution >= 4 is 0 Å². The molecule has 16 heavy (non-hydrogen) atoms. The number of fused-ring (bicyclic) bond motifs is 1. The third-order valence-corrected chi connectivity index (χ3v) is 4.82. The molecule has 1 aliphatic carbocycles. The molecule has 0 spiro atoms. The minimum Gasteiger partial charge on any atom is -0.379 e. The Morgan fingerprint density at radius 2 is 2.00 bits per heavy atom. The van der Waals surface area contributed by atoms with Gasteiger partial charge < -0.3 is 10.5 Å². The number of nitrogens with two attached hydrogens (primary N) is 1. The fourth-order valence-electron chi connectivity index (χ4n) is 3.89. The largest absolute Gasteiger partial charge is 0.379 e. The summed E-state index contributed by atoms with van der Waals surface area (Å²) in [7, 11) is 0. The molecule has 0 aromatic heterocycles. The summed E-state index contributed by atoms with van der Waals surface area (Å²) in [6.07, 6.45) is 7.19. The third kappa shape index (κ3) is 2.01. The molecule has 0 bridgehead atoms. The summed E-state index contributed by atoms with van der Waals surface area (Å²) in [6.45, 7) is 4.13. The fraction of sp³-hybridized carbons (Fsp3) is 1.00. The Balaban J connectivity index is 1.60. The number of rotatable bonds is 2. The Hall–Kier alpha value is -0.120. The van der Waals surface area contributed by atoms with Gasteiger partial charge in [0.25, 0.3) is 0 Å². The zero-order valence-electron chi connectivity index (χ0n) is 10.1. The maximum absolute atomic E-state index is 6.08. The molecule has 2 heterocycles. The highest BCUT2D eigenvalue weighted by Crippen LogP contribution is 2.37. The van der Waals surface area contributed by atoms with E-state index >= 15 is 0 Å². The second-order valence-electron chi connectivity index (χ2n) is 5.86. The van der Waals surface area contributed by atoms with Crippen LogP contribution < -0.4 is 5.73 Å². The Morgan fingerprint density at radius 3 is 2.81 bits per heavy atom. The van der Waals surface area contributed by atoms with Crippen molar-refractivity contribution in [3.05, 3.63) is 0 Å². The standard InChI is InChI=1S/C13H24N2O/c14-12-9-16-8-11(12)7-15-6-2-4-10-3-1-5-13(10)15/h10-13H,1-9,14H2. The van der Waals surface area contributed by atoms with Gasteiger partial charge in [-0.2, -0.15) is 0 Å². The van der Waals surface area contributed by atoms with E-state index in [1.54, 1.807) is 0 Å². The van der Waals surface area contributed by atoms with E-state index in [0.29, 0.717) is 5.92 Å². The molecule has 0 aromatic rings. The van der Waals surface area contributed by atoms with Crippen molar-refractivity contribution in [1.29, 1.82) is 0 Å². The van der Waals surface area contributed by atoms with E-state index < -0.39 is 0 Å². The van der Waals surface area contributed by atoms with Crippen molar-refractivity contribution < 1.29 is 4.74 Å². The van der Waals surface area contributed by atoms with Crippen LogP contribution in [-0.2, 0) is 4.74 Å². The molecule has 0 aromatic carbocycles. The van der Waals surface area contributed by atoms with Gasteiger partial charge in [0, 0.05) is 24.5 Å². The van der Waals surface area contributed by atoms with E-state index in [1.807, 2.05) is 0 Å². The van der Waals surface area contributed by atoms with Crippen LogP contribution in [0.3, 0.4) is 0 Å². The van der Waals surface area contributed by atoms with E-state index in [0.717, 1.165) is 25.2 Å². The smallest absolute Gasteiger partial charge is 0.0621 e. The second kappa shape index (κ2) is 4.63. The van der Waals surface area contributed by atoms with Crippen molar-refractivity contribution in [3.63, 3.8) is 0 Å². The van der Waals surface area contributed by atoms with Crippen molar-refractivity contribution in [3.8, 4) is 0 Å². The molecule has 3 nitrogen and oxygen atoms in total. The number of likely N-dealkylation sites (tertiary alicyclic amines) is 1. The van der Waals surface area contributed by atoms with Crippen LogP contribution in [0.2, 0.25) is 0 Å². The summed E-state index contributed by atoms with van der Waals surface area (Å²) in [5, 5.41) is 0. The van der Waals surface area contributed by atoms with Crippen LogP contribution in [0.25, 0.3) is 0 Å². The Bertz CT molecular complexity index is 246. The monoisotopic (exact) mass is 224 g/mol. The molecule has 3 heteroatoms. The lowest BCUT2D eigenvalue weighted by Crippen LogP contribution is -2.47. The molecule has 2 N–H and O–H groups in total. The third-order valence-electron chi connectivity index (χ3n) is 4.82. The molecule has 0 radical (unpaired) electrons. The van der Waals surface area contributed by atoms with Crippen LogP contribution in [0.4, 0.5) is 0 Å². The lowest BCUT2D eigenvalue weighted by atomic mass is 9.90. The first-order valence-electron chi connectivity index (χ1n) is 6.92. The average molecular weight is 224 g/mol. The molecular formula is C13H24N2O. The van der Waals surface area contributed by atoms with E-state index in [-0.39, 0.29) is 6.04 Å². The molecule has 92 valence electrons. The lowest BCUT2D eigenvalue weighted by Gasteiger charge is -2.39. The molecule has 3 rings (SSSR count). The quantitative estimate of drug-likeness (QED) is 0.766. The molecule has 1 saturated carbocycles. The highest BCUT2D eigenvalue weighted by molar-refractivity contribution is 4.91. The van der Waals surface area contributed by atoms with Crippen molar-refractivity contribution in [2.45, 2.75) is 44.2 Å². The normalized spacial score (nSPS) is 44.8. The van der Waals surface area contributed by atoms with Gasteiger partial charge in [-0.3, -0.25) is 4.90 Å². The minimum atomic E-state index is 0.279. The van der Waals surface area contributed by atoms with Crippen LogP contribution in [-0.4, -0.2) is 43.3 Å². The molecule has 3 aliphatic rings. The Morgan fingerprint density at radius 1 is 1.12 bits per heavy atom. The lowest BCUT2D eigenvalue weighted by molar-refractivity contribution is 0.0875. The predicted octanol–water partition coefficient (Wildman–Crippen LogP) is 1.22. The van der Waals surface area contributed by atoms with Gasteiger partial charge in [0.1, 0.15) is 0 Å². The summed E-state index contributed by atoms with van der Waals surface area (Å²) in [6, 6.07) is 1.16. The zero-order chi connectivity index (χ0) is 11.0. The molecule has 4 unspecified atom stereocenters. The van der Waals surface area contributed by atoms with Gasteiger partial charge in [0.15, 0.2) is 0 Å². The summed E-state index contributed by atoms with van der Waals surface area (Å²) >= 11 is 0. The maximum Gasteiger partial charge on any atom is 0.0621 e. The number of hydrogen-bond donors (Lipinski definition) is 1. The van der Waals surface area contributed by atoms with Gasteiger partial charge in [0.05, 0.1) is 13.2 Å². The Kier molecular flexibility index (Phi) is 3.18. The fourth-order valence-corrected chi connectivity index (χ4v) is 3.89. The summed E-state index contributed by atoms with van der Waals surface area (Å²) in [4.78, 5) is 2.72. The van der Waals surface area contributed by atoms with Crippen LogP contribution in [0.5, 0.6) is 0 Å². The van der Waals surface area contributed by atoms with Crippen LogP contribution in [0.15, 0.2) is 0 Å².